The molecule has 0 saturated heterocycles. The number of benzene rings is 3. The summed E-state index contributed by atoms with van der Waals surface area (Å²) >= 11 is 0. The number of aryl methyl sites for hydroxylation is 1. The Morgan fingerprint density at radius 3 is 2.65 bits per heavy atom. The quantitative estimate of drug-likeness (QED) is 0.165. The van der Waals surface area contributed by atoms with E-state index in [9.17, 15) is 14.7 Å². The van der Waals surface area contributed by atoms with Crippen LogP contribution < -0.4 is 5.48 Å². The van der Waals surface area contributed by atoms with Crippen molar-refractivity contribution in [3.63, 3.8) is 0 Å². The zero-order chi connectivity index (χ0) is 25.8. The second kappa shape index (κ2) is 10.8. The molecular weight excluding hydrogens is 466 g/mol. The summed E-state index contributed by atoms with van der Waals surface area (Å²) in [6.45, 7) is -0.166. The number of fused-ring (bicyclic) bond motifs is 2. The summed E-state index contributed by atoms with van der Waals surface area (Å²) in [7, 11) is 0. The molecule has 1 aromatic heterocycles. The van der Waals surface area contributed by atoms with Crippen molar-refractivity contribution in [1.29, 1.82) is 0 Å². The topological polar surface area (TPSA) is 106 Å². The molecule has 0 bridgehead atoms. The number of aromatic amines is 1. The number of hydrogen-bond donors (Lipinski definition) is 4. The van der Waals surface area contributed by atoms with Crippen LogP contribution in [0.25, 0.3) is 17.0 Å². The van der Waals surface area contributed by atoms with Gasteiger partial charge in [0.05, 0.1) is 18.7 Å². The summed E-state index contributed by atoms with van der Waals surface area (Å²) in [5.41, 5.74) is 7.24. The second-order valence-electron chi connectivity index (χ2n) is 9.30. The van der Waals surface area contributed by atoms with Crippen molar-refractivity contribution in [2.45, 2.75) is 31.3 Å². The molecule has 0 aliphatic heterocycles. The van der Waals surface area contributed by atoms with Gasteiger partial charge in [0.15, 0.2) is 0 Å². The number of aliphatic hydroxyl groups is 1. The fourth-order valence-electron chi connectivity index (χ4n) is 5.31. The Labute approximate surface area is 215 Å². The number of hydrogen-bond acceptors (Lipinski definition) is 4. The number of rotatable bonds is 8. The number of amides is 2. The lowest BCUT2D eigenvalue weighted by molar-refractivity contribution is -0.124. The Morgan fingerprint density at radius 2 is 1.86 bits per heavy atom. The third kappa shape index (κ3) is 5.05. The largest absolute Gasteiger partial charge is 0.394 e. The zero-order valence-corrected chi connectivity index (χ0v) is 20.3. The van der Waals surface area contributed by atoms with Crippen molar-refractivity contribution in [3.8, 4) is 0 Å². The molecule has 0 spiro atoms. The molecule has 1 heterocycles. The molecule has 2 amide bonds. The van der Waals surface area contributed by atoms with Gasteiger partial charge in [-0.25, -0.2) is 5.48 Å². The van der Waals surface area contributed by atoms with Gasteiger partial charge in [0.2, 0.25) is 0 Å². The van der Waals surface area contributed by atoms with Gasteiger partial charge in [0.25, 0.3) is 11.8 Å². The Bertz CT molecular complexity index is 1440. The van der Waals surface area contributed by atoms with E-state index in [2.05, 4.69) is 11.1 Å². The van der Waals surface area contributed by atoms with Crippen molar-refractivity contribution in [2.75, 3.05) is 6.61 Å². The maximum absolute atomic E-state index is 13.9. The first kappa shape index (κ1) is 24.5. The van der Waals surface area contributed by atoms with Crippen LogP contribution in [0.3, 0.4) is 0 Å². The van der Waals surface area contributed by atoms with Crippen LogP contribution in [0, 0.1) is 0 Å². The number of aliphatic hydroxyl groups excluding tert-OH is 1. The summed E-state index contributed by atoms with van der Waals surface area (Å²) in [5.74, 6) is -0.706. The van der Waals surface area contributed by atoms with Crippen molar-refractivity contribution < 1.29 is 19.9 Å². The van der Waals surface area contributed by atoms with E-state index in [1.54, 1.807) is 11.6 Å². The summed E-state index contributed by atoms with van der Waals surface area (Å²) < 4.78 is 0. The predicted molar refractivity (Wildman–Crippen MR) is 142 cm³/mol. The third-order valence-electron chi connectivity index (χ3n) is 7.08. The minimum atomic E-state index is -0.596. The van der Waals surface area contributed by atoms with Crippen molar-refractivity contribution >= 4 is 28.8 Å². The van der Waals surface area contributed by atoms with Crippen LogP contribution in [0.4, 0.5) is 0 Å². The Balaban J connectivity index is 1.50. The van der Waals surface area contributed by atoms with E-state index in [0.29, 0.717) is 12.0 Å². The van der Waals surface area contributed by atoms with Crippen molar-refractivity contribution in [1.82, 2.24) is 15.4 Å². The number of para-hydroxylation sites is 1. The van der Waals surface area contributed by atoms with E-state index in [0.717, 1.165) is 46.0 Å². The van der Waals surface area contributed by atoms with Gasteiger partial charge in [-0.15, -0.1) is 0 Å². The SMILES string of the molecule is O=C(C=Cc1ccc2c(c1)CC[C@H]2N(C(=O)c1ccccc1)[C@H](CO)Cc1c[nH]c2ccccc12)NO. The molecule has 7 nitrogen and oxygen atoms in total. The lowest BCUT2D eigenvalue weighted by Crippen LogP contribution is -2.45. The fourth-order valence-corrected chi connectivity index (χ4v) is 5.31. The van der Waals surface area contributed by atoms with E-state index in [4.69, 9.17) is 5.21 Å². The highest BCUT2D eigenvalue weighted by molar-refractivity contribution is 5.95. The van der Waals surface area contributed by atoms with Gasteiger partial charge in [-0.2, -0.15) is 0 Å². The summed E-state index contributed by atoms with van der Waals surface area (Å²) in [6, 6.07) is 22.5. The molecule has 37 heavy (non-hydrogen) atoms. The molecule has 5 rings (SSSR count). The smallest absolute Gasteiger partial charge is 0.267 e. The molecule has 3 aromatic carbocycles. The molecule has 4 aromatic rings. The van der Waals surface area contributed by atoms with Gasteiger partial charge in [0.1, 0.15) is 0 Å². The number of carbonyl (C=O) groups excluding carboxylic acids is 2. The minimum Gasteiger partial charge on any atom is -0.394 e. The van der Waals surface area contributed by atoms with Crippen LogP contribution in [0.5, 0.6) is 0 Å². The van der Waals surface area contributed by atoms with Crippen molar-refractivity contribution in [3.05, 3.63) is 113 Å². The highest BCUT2D eigenvalue weighted by Crippen LogP contribution is 2.39. The molecule has 188 valence electrons. The Morgan fingerprint density at radius 1 is 1.08 bits per heavy atom. The van der Waals surface area contributed by atoms with Gasteiger partial charge in [-0.05, 0) is 65.8 Å². The fraction of sp³-hybridized carbons (Fsp3) is 0.200. The van der Waals surface area contributed by atoms with E-state index >= 15 is 0 Å². The number of nitrogens with one attached hydrogen (secondary N) is 2. The van der Waals surface area contributed by atoms with Gasteiger partial charge in [-0.3, -0.25) is 14.8 Å². The van der Waals surface area contributed by atoms with Gasteiger partial charge in [-0.1, -0.05) is 54.6 Å². The number of nitrogens with zero attached hydrogens (tertiary/aromatic N) is 1. The van der Waals surface area contributed by atoms with Crippen LogP contribution >= 0.6 is 0 Å². The molecule has 4 N–H and O–H groups in total. The van der Waals surface area contributed by atoms with Crippen LogP contribution in [-0.2, 0) is 17.6 Å². The average molecular weight is 496 g/mol. The lowest BCUT2D eigenvalue weighted by Gasteiger charge is -2.36. The lowest BCUT2D eigenvalue weighted by atomic mass is 9.98. The first-order chi connectivity index (χ1) is 18.1. The van der Waals surface area contributed by atoms with E-state index in [1.165, 1.54) is 6.08 Å². The average Bonchev–Trinajstić information content (AvgIpc) is 3.55. The van der Waals surface area contributed by atoms with E-state index in [1.807, 2.05) is 77.8 Å². The monoisotopic (exact) mass is 495 g/mol. The second-order valence-corrected chi connectivity index (χ2v) is 9.30. The van der Waals surface area contributed by atoms with Gasteiger partial charge in [0, 0.05) is 28.7 Å². The van der Waals surface area contributed by atoms with Crippen LogP contribution in [0.15, 0.2) is 85.1 Å². The molecule has 1 aliphatic rings. The van der Waals surface area contributed by atoms with Crippen molar-refractivity contribution in [2.24, 2.45) is 0 Å². The first-order valence-corrected chi connectivity index (χ1v) is 12.4. The Kier molecular flexibility index (Phi) is 7.16. The number of carbonyl (C=O) groups is 2. The zero-order valence-electron chi connectivity index (χ0n) is 20.3. The van der Waals surface area contributed by atoms with Gasteiger partial charge >= 0.3 is 0 Å². The predicted octanol–water partition coefficient (Wildman–Crippen LogP) is 4.42. The highest BCUT2D eigenvalue weighted by Gasteiger charge is 2.36. The molecular formula is C30H29N3O4. The molecule has 0 fully saturated rings. The molecule has 7 heteroatoms. The molecule has 0 saturated carbocycles. The highest BCUT2D eigenvalue weighted by atomic mass is 16.5. The molecule has 2 atom stereocenters. The maximum Gasteiger partial charge on any atom is 0.267 e. The first-order valence-electron chi connectivity index (χ1n) is 12.4. The normalized spacial score (nSPS) is 15.6. The molecule has 1 aliphatic carbocycles. The van der Waals surface area contributed by atoms with Crippen LogP contribution in [0.2, 0.25) is 0 Å². The standard InChI is InChI=1S/C30H29N3O4/c34-19-24(17-23-18-31-27-9-5-4-8-25(23)27)33(30(36)21-6-2-1-3-7-21)28-14-12-22-16-20(10-13-26(22)28)11-15-29(35)32-37/h1-11,13,15-16,18,24,28,31,34,37H,12,14,17,19H2,(H,32,35)/t24-,28+/m0/s1. The molecule has 0 radical (unpaired) electrons. The number of H-pyrrole nitrogens is 1. The Hall–Kier alpha value is -4.20. The summed E-state index contributed by atoms with van der Waals surface area (Å²) in [5, 5.41) is 20.4. The van der Waals surface area contributed by atoms with E-state index in [-0.39, 0.29) is 18.6 Å². The van der Waals surface area contributed by atoms with Crippen LogP contribution in [-0.4, -0.2) is 44.7 Å². The maximum atomic E-state index is 13.9. The van der Waals surface area contributed by atoms with E-state index < -0.39 is 11.9 Å². The van der Waals surface area contributed by atoms with Gasteiger partial charge < -0.3 is 15.0 Å². The summed E-state index contributed by atoms with van der Waals surface area (Å²) in [6.07, 6.45) is 6.90. The van der Waals surface area contributed by atoms with Crippen LogP contribution in [0.1, 0.15) is 45.1 Å². The molecule has 0 unspecified atom stereocenters. The third-order valence-corrected chi connectivity index (χ3v) is 7.08. The number of aromatic nitrogens is 1. The summed E-state index contributed by atoms with van der Waals surface area (Å²) in [4.78, 5) is 30.5. The minimum absolute atomic E-state index is 0.110. The number of hydroxylamine groups is 1.